The molecule has 5 heteroatoms. The van der Waals surface area contributed by atoms with E-state index in [9.17, 15) is 4.79 Å². The van der Waals surface area contributed by atoms with Crippen LogP contribution in [0.5, 0.6) is 0 Å². The molecule has 1 aromatic heterocycles. The highest BCUT2D eigenvalue weighted by atomic mass is 16.7. The van der Waals surface area contributed by atoms with Crippen molar-refractivity contribution in [1.82, 2.24) is 4.98 Å². The number of hydrogen-bond donors (Lipinski definition) is 1. The van der Waals surface area contributed by atoms with Crippen molar-refractivity contribution >= 4 is 22.6 Å². The molecule has 25 heavy (non-hydrogen) atoms. The molecule has 3 aromatic rings. The molecule has 1 aliphatic carbocycles. The van der Waals surface area contributed by atoms with Crippen molar-refractivity contribution in [3.8, 4) is 6.07 Å². The lowest BCUT2D eigenvalue weighted by Crippen LogP contribution is -2.12. The maximum absolute atomic E-state index is 12.2. The van der Waals surface area contributed by atoms with Gasteiger partial charge < -0.3 is 9.82 Å². The summed E-state index contributed by atoms with van der Waals surface area (Å²) >= 11 is 0. The Morgan fingerprint density at radius 1 is 1.12 bits per heavy atom. The van der Waals surface area contributed by atoms with E-state index >= 15 is 0 Å². The number of nitrogens with one attached hydrogen (secondary N) is 1. The molecule has 2 aromatic carbocycles. The molecule has 0 atom stereocenters. The molecular weight excluding hydrogens is 314 g/mol. The highest BCUT2D eigenvalue weighted by Gasteiger charge is 2.21. The molecule has 0 amide bonds. The van der Waals surface area contributed by atoms with Gasteiger partial charge in [-0.25, -0.2) is 4.79 Å². The zero-order valence-corrected chi connectivity index (χ0v) is 13.5. The van der Waals surface area contributed by atoms with Crippen LogP contribution < -0.4 is 0 Å². The van der Waals surface area contributed by atoms with Gasteiger partial charge in [0.05, 0.1) is 22.9 Å². The number of nitriles is 1. The maximum Gasteiger partial charge on any atom is 0.365 e. The van der Waals surface area contributed by atoms with Gasteiger partial charge in [0, 0.05) is 22.2 Å². The Balaban J connectivity index is 1.62. The normalized spacial score (nSPS) is 14.9. The van der Waals surface area contributed by atoms with E-state index in [4.69, 9.17) is 10.1 Å². The third kappa shape index (κ3) is 2.79. The molecule has 0 spiro atoms. The fourth-order valence-electron chi connectivity index (χ4n) is 3.19. The largest absolute Gasteiger partial charge is 0.365 e. The fraction of sp³-hybridized carbons (Fsp3) is 0.150. The molecule has 0 saturated heterocycles. The van der Waals surface area contributed by atoms with E-state index in [0.29, 0.717) is 11.1 Å². The Kier molecular flexibility index (Phi) is 3.79. The average molecular weight is 329 g/mol. The van der Waals surface area contributed by atoms with Crippen molar-refractivity contribution in [3.05, 3.63) is 70.9 Å². The first-order chi connectivity index (χ1) is 12.3. The predicted molar refractivity (Wildman–Crippen MR) is 94.3 cm³/mol. The Hall–Kier alpha value is -3.39. The highest BCUT2D eigenvalue weighted by molar-refractivity contribution is 6.12. The van der Waals surface area contributed by atoms with Gasteiger partial charge in [-0.3, -0.25) is 0 Å². The number of aromatic amines is 1. The van der Waals surface area contributed by atoms with E-state index in [1.165, 1.54) is 0 Å². The number of fused-ring (bicyclic) bond motifs is 3. The van der Waals surface area contributed by atoms with Gasteiger partial charge in [-0.05, 0) is 49.6 Å². The number of benzene rings is 2. The quantitative estimate of drug-likeness (QED) is 0.571. The first-order valence-electron chi connectivity index (χ1n) is 8.14. The van der Waals surface area contributed by atoms with Gasteiger partial charge in [-0.15, -0.1) is 0 Å². The summed E-state index contributed by atoms with van der Waals surface area (Å²) < 4.78 is 0. The van der Waals surface area contributed by atoms with Gasteiger partial charge in [-0.1, -0.05) is 23.4 Å². The molecule has 0 unspecified atom stereocenters. The van der Waals surface area contributed by atoms with Crippen molar-refractivity contribution in [1.29, 1.82) is 5.26 Å². The number of para-hydroxylation sites is 1. The third-order valence-electron chi connectivity index (χ3n) is 4.40. The van der Waals surface area contributed by atoms with E-state index in [2.05, 4.69) is 10.1 Å². The van der Waals surface area contributed by atoms with Crippen molar-refractivity contribution in [3.63, 3.8) is 0 Å². The number of H-pyrrole nitrogens is 1. The van der Waals surface area contributed by atoms with Crippen molar-refractivity contribution < 1.29 is 9.63 Å². The summed E-state index contributed by atoms with van der Waals surface area (Å²) in [7, 11) is 0. The van der Waals surface area contributed by atoms with Crippen molar-refractivity contribution in [2.45, 2.75) is 19.3 Å². The van der Waals surface area contributed by atoms with Crippen LogP contribution >= 0.6 is 0 Å². The SMILES string of the molecule is N#Cc1ccc(C(=O)ON=C2CCCc3[nH]c4ccccc4c32)cc1. The van der Waals surface area contributed by atoms with E-state index in [1.54, 1.807) is 24.3 Å². The summed E-state index contributed by atoms with van der Waals surface area (Å²) in [4.78, 5) is 20.8. The molecule has 4 rings (SSSR count). The van der Waals surface area contributed by atoms with E-state index in [0.717, 1.165) is 47.1 Å². The standard InChI is InChI=1S/C20H15N3O2/c21-12-13-8-10-14(11-9-13)20(24)25-23-18-7-3-6-17-19(18)15-4-1-2-5-16(15)22-17/h1-2,4-5,8-11,22H,3,6-7H2. The van der Waals surface area contributed by atoms with Crippen molar-refractivity contribution in [2.24, 2.45) is 5.16 Å². The van der Waals surface area contributed by atoms with E-state index in [-0.39, 0.29) is 0 Å². The minimum atomic E-state index is -0.524. The van der Waals surface area contributed by atoms with Gasteiger partial charge in [0.15, 0.2) is 0 Å². The van der Waals surface area contributed by atoms with Gasteiger partial charge in [0.1, 0.15) is 0 Å². The van der Waals surface area contributed by atoms with Crippen LogP contribution in [0.4, 0.5) is 0 Å². The lowest BCUT2D eigenvalue weighted by Gasteiger charge is -2.13. The number of hydrogen-bond acceptors (Lipinski definition) is 4. The molecule has 1 N–H and O–H groups in total. The summed E-state index contributed by atoms with van der Waals surface area (Å²) in [6, 6.07) is 16.4. The summed E-state index contributed by atoms with van der Waals surface area (Å²) in [5.74, 6) is -0.524. The first kappa shape index (κ1) is 15.2. The maximum atomic E-state index is 12.2. The van der Waals surface area contributed by atoms with Crippen LogP contribution in [0.2, 0.25) is 0 Å². The van der Waals surface area contributed by atoms with Crippen LogP contribution in [0.15, 0.2) is 53.7 Å². The molecule has 0 saturated carbocycles. The number of carbonyl (C=O) groups is 1. The zero-order valence-electron chi connectivity index (χ0n) is 13.5. The molecule has 1 heterocycles. The van der Waals surface area contributed by atoms with Gasteiger partial charge in [0.25, 0.3) is 0 Å². The molecule has 0 aliphatic heterocycles. The lowest BCUT2D eigenvalue weighted by molar-refractivity contribution is 0.0515. The third-order valence-corrected chi connectivity index (χ3v) is 4.40. The number of oxime groups is 1. The Labute approximate surface area is 144 Å². The van der Waals surface area contributed by atoms with Crippen LogP contribution in [-0.4, -0.2) is 16.7 Å². The number of carbonyl (C=O) groups excluding carboxylic acids is 1. The second kappa shape index (κ2) is 6.25. The van der Waals surface area contributed by atoms with Crippen LogP contribution in [0, 0.1) is 11.3 Å². The second-order valence-corrected chi connectivity index (χ2v) is 5.98. The van der Waals surface area contributed by atoms with Gasteiger partial charge in [-0.2, -0.15) is 5.26 Å². The summed E-state index contributed by atoms with van der Waals surface area (Å²) in [6.07, 6.45) is 2.70. The Bertz CT molecular complexity index is 1020. The van der Waals surface area contributed by atoms with E-state index < -0.39 is 5.97 Å². The average Bonchev–Trinajstić information content (AvgIpc) is 3.05. The number of nitrogens with zero attached hydrogens (tertiary/aromatic N) is 2. The fourth-order valence-corrected chi connectivity index (χ4v) is 3.19. The molecule has 0 bridgehead atoms. The molecule has 1 aliphatic rings. The molecule has 0 fully saturated rings. The topological polar surface area (TPSA) is 78.2 Å². The molecule has 0 radical (unpaired) electrons. The number of aromatic nitrogens is 1. The van der Waals surface area contributed by atoms with Crippen molar-refractivity contribution in [2.75, 3.05) is 0 Å². The van der Waals surface area contributed by atoms with Crippen LogP contribution in [-0.2, 0) is 11.3 Å². The predicted octanol–water partition coefficient (Wildman–Crippen LogP) is 3.94. The zero-order chi connectivity index (χ0) is 17.2. The molecule has 122 valence electrons. The summed E-state index contributed by atoms with van der Waals surface area (Å²) in [5, 5.41) is 14.1. The second-order valence-electron chi connectivity index (χ2n) is 5.98. The summed E-state index contributed by atoms with van der Waals surface area (Å²) in [6.45, 7) is 0. The highest BCUT2D eigenvalue weighted by Crippen LogP contribution is 2.29. The minimum Gasteiger partial charge on any atom is -0.358 e. The minimum absolute atomic E-state index is 0.373. The molecule has 5 nitrogen and oxygen atoms in total. The monoisotopic (exact) mass is 329 g/mol. The number of rotatable bonds is 2. The van der Waals surface area contributed by atoms with Gasteiger partial charge in [0.2, 0.25) is 0 Å². The lowest BCUT2D eigenvalue weighted by atomic mass is 9.94. The van der Waals surface area contributed by atoms with Crippen LogP contribution in [0.25, 0.3) is 10.9 Å². The van der Waals surface area contributed by atoms with Gasteiger partial charge >= 0.3 is 5.97 Å². The smallest absolute Gasteiger partial charge is 0.358 e. The first-order valence-corrected chi connectivity index (χ1v) is 8.14. The Morgan fingerprint density at radius 3 is 2.72 bits per heavy atom. The summed E-state index contributed by atoms with van der Waals surface area (Å²) in [5.41, 5.74) is 4.92. The van der Waals surface area contributed by atoms with Crippen LogP contribution in [0.3, 0.4) is 0 Å². The Morgan fingerprint density at radius 2 is 1.92 bits per heavy atom. The van der Waals surface area contributed by atoms with E-state index in [1.807, 2.05) is 30.3 Å². The molecular formula is C20H15N3O2. The van der Waals surface area contributed by atoms with Crippen LogP contribution in [0.1, 0.15) is 40.0 Å². The number of aryl methyl sites for hydroxylation is 1.